The van der Waals surface area contributed by atoms with Crippen LogP contribution < -0.4 is 0 Å². The Morgan fingerprint density at radius 3 is 1.61 bits per heavy atom. The van der Waals surface area contributed by atoms with E-state index in [1.54, 1.807) is 0 Å². The van der Waals surface area contributed by atoms with E-state index in [4.69, 9.17) is 0 Å². The topological polar surface area (TPSA) is 0 Å². The van der Waals surface area contributed by atoms with E-state index in [0.29, 0.717) is 0 Å². The maximum Gasteiger partial charge on any atom is 0.0207 e. The molecule has 41 heavy (non-hydrogen) atoms. The lowest BCUT2D eigenvalue weighted by atomic mass is 9.90. The molecular weight excluding hydrogens is 513 g/mol. The van der Waals surface area contributed by atoms with Crippen molar-refractivity contribution in [2.75, 3.05) is 0 Å². The predicted molar refractivity (Wildman–Crippen MR) is 177 cm³/mol. The van der Waals surface area contributed by atoms with Crippen LogP contribution in [0.5, 0.6) is 0 Å². The molecule has 0 unspecified atom stereocenters. The van der Waals surface area contributed by atoms with Crippen molar-refractivity contribution in [3.63, 3.8) is 0 Å². The fourth-order valence-electron chi connectivity index (χ4n) is 6.76. The van der Waals surface area contributed by atoms with Crippen LogP contribution >= 0.6 is 11.8 Å². The molecule has 0 aliphatic carbocycles. The molecule has 0 amide bonds. The average molecular weight is 537 g/mol. The van der Waals surface area contributed by atoms with Gasteiger partial charge in [-0.15, -0.1) is 0 Å². The molecule has 0 fully saturated rings. The van der Waals surface area contributed by atoms with E-state index in [1.807, 2.05) is 11.8 Å². The molecule has 0 aromatic heterocycles. The Bertz CT molecular complexity index is 2290. The van der Waals surface area contributed by atoms with Crippen molar-refractivity contribution in [1.29, 1.82) is 0 Å². The standard InChI is InChI=1S/C40H24S/c1-2-10-31-29(8-1)30-9-3-4-11-32(30)37-24-27(20-21-33(31)37)25-16-18-26(19-17-25)28-22-23-39-40-35(28)13-7-14-36(40)34-12-5-6-15-38(34)41-39/h1-24H. The summed E-state index contributed by atoms with van der Waals surface area (Å²) in [4.78, 5) is 2.67. The first-order valence-electron chi connectivity index (χ1n) is 14.1. The second-order valence-electron chi connectivity index (χ2n) is 10.9. The van der Waals surface area contributed by atoms with Gasteiger partial charge in [-0.3, -0.25) is 0 Å². The molecule has 1 aliphatic heterocycles. The first-order valence-corrected chi connectivity index (χ1v) is 14.9. The minimum absolute atomic E-state index is 1.24. The number of hydrogen-bond acceptors (Lipinski definition) is 1. The highest BCUT2D eigenvalue weighted by atomic mass is 32.2. The molecule has 8 aromatic carbocycles. The third kappa shape index (κ3) is 3.43. The molecule has 1 heteroatoms. The summed E-state index contributed by atoms with van der Waals surface area (Å²) in [6.45, 7) is 0. The van der Waals surface area contributed by atoms with E-state index in [9.17, 15) is 0 Å². The number of rotatable bonds is 2. The number of benzene rings is 8. The van der Waals surface area contributed by atoms with Gasteiger partial charge in [-0.25, -0.2) is 0 Å². The molecule has 0 saturated carbocycles. The van der Waals surface area contributed by atoms with Crippen LogP contribution in [0, 0.1) is 0 Å². The molecule has 0 saturated heterocycles. The van der Waals surface area contributed by atoms with Crippen molar-refractivity contribution in [1.82, 2.24) is 0 Å². The number of hydrogen-bond donors (Lipinski definition) is 0. The largest absolute Gasteiger partial charge is 0.0888 e. The molecule has 1 heterocycles. The molecular formula is C40H24S. The van der Waals surface area contributed by atoms with Crippen LogP contribution in [0.2, 0.25) is 0 Å². The van der Waals surface area contributed by atoms with Crippen LogP contribution in [0.4, 0.5) is 0 Å². The monoisotopic (exact) mass is 536 g/mol. The molecule has 0 N–H and O–H groups in total. The molecule has 0 bridgehead atoms. The Morgan fingerprint density at radius 2 is 0.854 bits per heavy atom. The molecule has 8 aromatic rings. The first-order chi connectivity index (χ1) is 20.3. The van der Waals surface area contributed by atoms with Crippen LogP contribution in [0.25, 0.3) is 76.5 Å². The Labute approximate surface area is 242 Å². The predicted octanol–water partition coefficient (Wildman–Crippen LogP) is 11.8. The highest BCUT2D eigenvalue weighted by molar-refractivity contribution is 7.99. The highest BCUT2D eigenvalue weighted by Gasteiger charge is 2.20. The third-order valence-electron chi connectivity index (χ3n) is 8.67. The van der Waals surface area contributed by atoms with Gasteiger partial charge in [-0.05, 0) is 89.3 Å². The van der Waals surface area contributed by atoms with Gasteiger partial charge in [0.25, 0.3) is 0 Å². The van der Waals surface area contributed by atoms with Gasteiger partial charge in [-0.1, -0.05) is 139 Å². The summed E-state index contributed by atoms with van der Waals surface area (Å²) in [5.74, 6) is 0. The second-order valence-corrected chi connectivity index (χ2v) is 12.0. The maximum absolute atomic E-state index is 2.37. The highest BCUT2D eigenvalue weighted by Crippen LogP contribution is 2.49. The van der Waals surface area contributed by atoms with E-state index in [2.05, 4.69) is 146 Å². The summed E-state index contributed by atoms with van der Waals surface area (Å²) in [7, 11) is 0. The molecule has 190 valence electrons. The van der Waals surface area contributed by atoms with E-state index in [-0.39, 0.29) is 0 Å². The van der Waals surface area contributed by atoms with Crippen LogP contribution in [0.3, 0.4) is 0 Å². The zero-order valence-corrected chi connectivity index (χ0v) is 23.1. The average Bonchev–Trinajstić information content (AvgIpc) is 3.05. The molecule has 0 nitrogen and oxygen atoms in total. The lowest BCUT2D eigenvalue weighted by molar-refractivity contribution is 1.40. The molecule has 1 aliphatic rings. The van der Waals surface area contributed by atoms with E-state index in [1.165, 1.54) is 86.3 Å². The third-order valence-corrected chi connectivity index (χ3v) is 9.81. The second kappa shape index (κ2) is 8.83. The fraction of sp³-hybridized carbons (Fsp3) is 0. The zero-order chi connectivity index (χ0) is 26.9. The van der Waals surface area contributed by atoms with Crippen LogP contribution in [-0.4, -0.2) is 0 Å². The minimum Gasteiger partial charge on any atom is -0.0888 e. The molecule has 0 atom stereocenters. The fourth-order valence-corrected chi connectivity index (χ4v) is 7.89. The lowest BCUT2D eigenvalue weighted by Gasteiger charge is -2.21. The van der Waals surface area contributed by atoms with Crippen LogP contribution in [-0.2, 0) is 0 Å². The Hall–Kier alpha value is -4.85. The van der Waals surface area contributed by atoms with Crippen molar-refractivity contribution < 1.29 is 0 Å². The van der Waals surface area contributed by atoms with Gasteiger partial charge in [0.2, 0.25) is 0 Å². The van der Waals surface area contributed by atoms with Gasteiger partial charge >= 0.3 is 0 Å². The first kappa shape index (κ1) is 22.9. The van der Waals surface area contributed by atoms with Crippen molar-refractivity contribution >= 4 is 54.9 Å². The summed E-state index contributed by atoms with van der Waals surface area (Å²) in [6, 6.07) is 53.7. The van der Waals surface area contributed by atoms with Crippen molar-refractivity contribution in [2.45, 2.75) is 9.79 Å². The summed E-state index contributed by atoms with van der Waals surface area (Å²) in [6.07, 6.45) is 0. The summed E-state index contributed by atoms with van der Waals surface area (Å²) in [5.41, 5.74) is 7.68. The van der Waals surface area contributed by atoms with E-state index >= 15 is 0 Å². The van der Waals surface area contributed by atoms with Gasteiger partial charge in [0.1, 0.15) is 0 Å². The summed E-state index contributed by atoms with van der Waals surface area (Å²) < 4.78 is 0. The SMILES string of the molecule is c1ccc2c(c1)Sc1ccc(-c3ccc(-c4ccc5c6ccccc6c6ccccc6c5c4)cc3)c3cccc-2c13. The van der Waals surface area contributed by atoms with Crippen LogP contribution in [0.1, 0.15) is 0 Å². The zero-order valence-electron chi connectivity index (χ0n) is 22.3. The molecule has 9 rings (SSSR count). The van der Waals surface area contributed by atoms with Crippen molar-refractivity contribution in [2.24, 2.45) is 0 Å². The van der Waals surface area contributed by atoms with Gasteiger partial charge in [0.15, 0.2) is 0 Å². The lowest BCUT2D eigenvalue weighted by Crippen LogP contribution is -1.94. The quantitative estimate of drug-likeness (QED) is 0.198. The maximum atomic E-state index is 2.37. The van der Waals surface area contributed by atoms with Gasteiger partial charge in [0, 0.05) is 15.2 Å². The van der Waals surface area contributed by atoms with E-state index in [0.717, 1.165) is 0 Å². The number of fused-ring (bicyclic) bond motifs is 8. The van der Waals surface area contributed by atoms with E-state index < -0.39 is 0 Å². The van der Waals surface area contributed by atoms with Crippen molar-refractivity contribution in [3.8, 4) is 33.4 Å². The summed E-state index contributed by atoms with van der Waals surface area (Å²) >= 11 is 1.88. The summed E-state index contributed by atoms with van der Waals surface area (Å²) in [5, 5.41) is 10.5. The Kier molecular flexibility index (Phi) is 4.93. The smallest absolute Gasteiger partial charge is 0.0207 e. The molecule has 0 radical (unpaired) electrons. The molecule has 0 spiro atoms. The Morgan fingerprint density at radius 1 is 0.293 bits per heavy atom. The Balaban J connectivity index is 1.17. The normalized spacial score (nSPS) is 12.3. The van der Waals surface area contributed by atoms with Gasteiger partial charge in [-0.2, -0.15) is 0 Å². The van der Waals surface area contributed by atoms with Gasteiger partial charge in [0.05, 0.1) is 0 Å². The minimum atomic E-state index is 1.24. The van der Waals surface area contributed by atoms with Gasteiger partial charge < -0.3 is 0 Å². The van der Waals surface area contributed by atoms with Crippen molar-refractivity contribution in [3.05, 3.63) is 146 Å². The van der Waals surface area contributed by atoms with Crippen LogP contribution in [0.15, 0.2) is 155 Å².